The van der Waals surface area contributed by atoms with Crippen LogP contribution >= 0.6 is 0 Å². The molecule has 12 heavy (non-hydrogen) atoms. The molecule has 0 aromatic rings. The smallest absolute Gasteiger partial charge is 0.352 e. The van der Waals surface area contributed by atoms with Gasteiger partial charge in [-0.3, -0.25) is 5.01 Å². The number of nitrogens with zero attached hydrogens (tertiary/aromatic N) is 3. The summed E-state index contributed by atoms with van der Waals surface area (Å²) in [4.78, 5) is 15.1. The average Bonchev–Trinajstić information content (AvgIpc) is 2.07. The molecule has 0 bridgehead atoms. The minimum atomic E-state index is -0.440. The van der Waals surface area contributed by atoms with E-state index in [0.717, 1.165) is 5.01 Å². The van der Waals surface area contributed by atoms with Crippen molar-refractivity contribution in [3.8, 4) is 0 Å². The van der Waals surface area contributed by atoms with Crippen molar-refractivity contribution in [3.63, 3.8) is 0 Å². The van der Waals surface area contributed by atoms with E-state index in [0.29, 0.717) is 5.71 Å². The van der Waals surface area contributed by atoms with Crippen molar-refractivity contribution in [2.75, 3.05) is 13.7 Å². The lowest BCUT2D eigenvalue weighted by atomic mass is 10.4. The third-order valence-corrected chi connectivity index (χ3v) is 1.20. The van der Waals surface area contributed by atoms with Gasteiger partial charge in [0.1, 0.15) is 12.8 Å². The van der Waals surface area contributed by atoms with Crippen molar-refractivity contribution >= 4 is 18.0 Å². The van der Waals surface area contributed by atoms with Gasteiger partial charge in [-0.05, 0) is 0 Å². The van der Waals surface area contributed by atoms with Crippen molar-refractivity contribution < 1.29 is 9.63 Å². The second kappa shape index (κ2) is 3.67. The van der Waals surface area contributed by atoms with Crippen molar-refractivity contribution in [1.29, 1.82) is 0 Å². The molecule has 1 aliphatic heterocycles. The molecule has 0 radical (unpaired) electrons. The molecule has 0 aromatic heterocycles. The Hall–Kier alpha value is -1.63. The van der Waals surface area contributed by atoms with Gasteiger partial charge in [-0.25, -0.2) is 16.1 Å². The van der Waals surface area contributed by atoms with Crippen molar-refractivity contribution in [3.05, 3.63) is 0 Å². The van der Waals surface area contributed by atoms with Gasteiger partial charge in [0.05, 0.1) is 12.8 Å². The number of nitrogens with two attached hydrogens (primary N) is 1. The number of carbonyl (C=O) groups excluding carboxylic acids is 1. The molecule has 2 amide bonds. The standard InChI is InChI=1S/C5H9N5O2/c1-12-7-2-4-3-10(6)5(11)9-8-4/h2H,3,6H2,1H3,(H,9,11). The van der Waals surface area contributed by atoms with Gasteiger partial charge in [-0.1, -0.05) is 5.16 Å². The predicted molar refractivity (Wildman–Crippen MR) is 42.4 cm³/mol. The number of hydrazine groups is 1. The molecule has 66 valence electrons. The number of urea groups is 1. The minimum Gasteiger partial charge on any atom is -0.399 e. The maximum atomic E-state index is 10.7. The summed E-state index contributed by atoms with van der Waals surface area (Å²) in [6, 6.07) is -0.440. The highest BCUT2D eigenvalue weighted by Crippen LogP contribution is 1.89. The van der Waals surface area contributed by atoms with Gasteiger partial charge in [0, 0.05) is 0 Å². The number of carbonyl (C=O) groups is 1. The van der Waals surface area contributed by atoms with Crippen molar-refractivity contribution in [2.45, 2.75) is 0 Å². The summed E-state index contributed by atoms with van der Waals surface area (Å²) in [6.45, 7) is 0.221. The lowest BCUT2D eigenvalue weighted by Crippen LogP contribution is -2.50. The maximum absolute atomic E-state index is 10.7. The van der Waals surface area contributed by atoms with Gasteiger partial charge in [0.15, 0.2) is 0 Å². The molecule has 1 aliphatic rings. The summed E-state index contributed by atoms with van der Waals surface area (Å²) in [7, 11) is 1.42. The van der Waals surface area contributed by atoms with Crippen LogP contribution in [0, 0.1) is 0 Å². The molecule has 0 spiro atoms. The van der Waals surface area contributed by atoms with Gasteiger partial charge in [0.25, 0.3) is 0 Å². The fourth-order valence-corrected chi connectivity index (χ4v) is 0.649. The van der Waals surface area contributed by atoms with Gasteiger partial charge in [-0.2, -0.15) is 5.10 Å². The van der Waals surface area contributed by atoms with Crippen molar-refractivity contribution in [2.24, 2.45) is 16.1 Å². The molecule has 0 unspecified atom stereocenters. The van der Waals surface area contributed by atoms with E-state index in [1.165, 1.54) is 13.3 Å². The first-order valence-corrected chi connectivity index (χ1v) is 3.19. The van der Waals surface area contributed by atoms with Crippen molar-refractivity contribution in [1.82, 2.24) is 10.4 Å². The largest absolute Gasteiger partial charge is 0.399 e. The normalized spacial score (nSPS) is 17.7. The van der Waals surface area contributed by atoms with E-state index in [9.17, 15) is 4.79 Å². The van der Waals surface area contributed by atoms with Gasteiger partial charge in [-0.15, -0.1) is 0 Å². The first kappa shape index (κ1) is 8.47. The number of hydrogen-bond acceptors (Lipinski definition) is 5. The third kappa shape index (κ3) is 1.92. The zero-order chi connectivity index (χ0) is 8.97. The molecule has 0 saturated heterocycles. The summed E-state index contributed by atoms with van der Waals surface area (Å²) in [6.07, 6.45) is 1.37. The molecular formula is C5H9N5O2. The second-order valence-electron chi connectivity index (χ2n) is 2.07. The molecule has 1 rings (SSSR count). The Morgan fingerprint density at radius 2 is 2.67 bits per heavy atom. The van der Waals surface area contributed by atoms with Crippen LogP contribution in [0.25, 0.3) is 0 Å². The van der Waals surface area contributed by atoms with E-state index in [2.05, 4.69) is 20.5 Å². The number of hydrazone groups is 1. The van der Waals surface area contributed by atoms with Gasteiger partial charge < -0.3 is 4.84 Å². The Bertz CT molecular complexity index is 236. The summed E-state index contributed by atoms with van der Waals surface area (Å²) < 4.78 is 0. The Morgan fingerprint density at radius 1 is 1.92 bits per heavy atom. The zero-order valence-electron chi connectivity index (χ0n) is 6.52. The van der Waals surface area contributed by atoms with E-state index in [-0.39, 0.29) is 6.54 Å². The Morgan fingerprint density at radius 3 is 3.25 bits per heavy atom. The van der Waals surface area contributed by atoms with Crippen LogP contribution in [0.5, 0.6) is 0 Å². The topological polar surface area (TPSA) is 92.3 Å². The van der Waals surface area contributed by atoms with E-state index < -0.39 is 6.03 Å². The first-order valence-electron chi connectivity index (χ1n) is 3.19. The number of amides is 2. The van der Waals surface area contributed by atoms with Crippen LogP contribution in [0.1, 0.15) is 0 Å². The van der Waals surface area contributed by atoms with E-state index in [4.69, 9.17) is 5.84 Å². The first-order chi connectivity index (χ1) is 5.74. The zero-order valence-corrected chi connectivity index (χ0v) is 6.52. The molecule has 0 atom stereocenters. The Balaban J connectivity index is 2.58. The van der Waals surface area contributed by atoms with Crippen LogP contribution in [0.3, 0.4) is 0 Å². The number of rotatable bonds is 2. The quantitative estimate of drug-likeness (QED) is 0.238. The lowest BCUT2D eigenvalue weighted by Gasteiger charge is -2.19. The number of nitrogens with one attached hydrogen (secondary N) is 1. The highest BCUT2D eigenvalue weighted by atomic mass is 16.6. The third-order valence-electron chi connectivity index (χ3n) is 1.20. The SMILES string of the molecule is CON=CC1=NNC(=O)N(N)C1. The van der Waals surface area contributed by atoms with Gasteiger partial charge in [0.2, 0.25) is 0 Å². The van der Waals surface area contributed by atoms with E-state index in [1.54, 1.807) is 0 Å². The summed E-state index contributed by atoms with van der Waals surface area (Å²) in [5, 5.41) is 8.12. The molecule has 1 heterocycles. The maximum Gasteiger partial charge on any atom is 0.352 e. The van der Waals surface area contributed by atoms with E-state index >= 15 is 0 Å². The van der Waals surface area contributed by atoms with Crippen LogP contribution in [-0.4, -0.2) is 36.6 Å². The highest BCUT2D eigenvalue weighted by molar-refractivity contribution is 6.32. The Kier molecular flexibility index (Phi) is 2.59. The monoisotopic (exact) mass is 171 g/mol. The fourth-order valence-electron chi connectivity index (χ4n) is 0.649. The molecule has 0 saturated carbocycles. The molecule has 0 aromatic carbocycles. The molecular weight excluding hydrogens is 162 g/mol. The summed E-state index contributed by atoms with van der Waals surface area (Å²) >= 11 is 0. The number of oxime groups is 1. The average molecular weight is 171 g/mol. The Labute approximate surface area is 68.8 Å². The predicted octanol–water partition coefficient (Wildman–Crippen LogP) is -1.13. The van der Waals surface area contributed by atoms with Crippen LogP contribution in [0.2, 0.25) is 0 Å². The summed E-state index contributed by atoms with van der Waals surface area (Å²) in [5.74, 6) is 5.28. The van der Waals surface area contributed by atoms with Crippen LogP contribution in [0.4, 0.5) is 4.79 Å². The number of hydrogen-bond donors (Lipinski definition) is 2. The van der Waals surface area contributed by atoms with Crippen LogP contribution in [0.15, 0.2) is 10.3 Å². The van der Waals surface area contributed by atoms with E-state index in [1.807, 2.05) is 0 Å². The molecule has 0 aliphatic carbocycles. The lowest BCUT2D eigenvalue weighted by molar-refractivity contribution is 0.203. The molecule has 3 N–H and O–H groups in total. The second-order valence-corrected chi connectivity index (χ2v) is 2.07. The van der Waals surface area contributed by atoms with Gasteiger partial charge >= 0.3 is 6.03 Å². The molecule has 0 fully saturated rings. The fraction of sp³-hybridized carbons (Fsp3) is 0.400. The minimum absolute atomic E-state index is 0.221. The molecule has 7 heteroatoms. The van der Waals surface area contributed by atoms with Crippen LogP contribution < -0.4 is 11.3 Å². The highest BCUT2D eigenvalue weighted by Gasteiger charge is 2.15. The summed E-state index contributed by atoms with van der Waals surface area (Å²) in [5.41, 5.74) is 2.72. The molecule has 7 nitrogen and oxygen atoms in total. The van der Waals surface area contributed by atoms with Crippen LogP contribution in [-0.2, 0) is 4.84 Å².